The first kappa shape index (κ1) is 15.3. The van der Waals surface area contributed by atoms with Gasteiger partial charge in [-0.2, -0.15) is 0 Å². The largest absolute Gasteiger partial charge is 0.372 e. The molecule has 0 atom stereocenters. The van der Waals surface area contributed by atoms with E-state index in [2.05, 4.69) is 34.5 Å². The fourth-order valence-electron chi connectivity index (χ4n) is 3.41. The van der Waals surface area contributed by atoms with Gasteiger partial charge in [-0.3, -0.25) is 4.79 Å². The lowest BCUT2D eigenvalue weighted by molar-refractivity contribution is -0.110. The lowest BCUT2D eigenvalue weighted by Crippen LogP contribution is -2.29. The number of nitrogens with zero attached hydrogens (tertiary/aromatic N) is 1. The van der Waals surface area contributed by atoms with Crippen molar-refractivity contribution in [3.63, 3.8) is 0 Å². The molecule has 2 aromatic carbocycles. The SMILES string of the molecule is O=C1Nc2cc(Cl)ccc2/C1=C/c1ccc(N2CCCCC2)cc1. The number of benzene rings is 2. The van der Waals surface area contributed by atoms with E-state index in [4.69, 9.17) is 11.6 Å². The van der Waals surface area contributed by atoms with Gasteiger partial charge in [0.15, 0.2) is 0 Å². The molecule has 24 heavy (non-hydrogen) atoms. The molecule has 3 nitrogen and oxygen atoms in total. The fourth-order valence-corrected chi connectivity index (χ4v) is 3.58. The molecule has 0 unspecified atom stereocenters. The zero-order valence-electron chi connectivity index (χ0n) is 13.4. The molecule has 1 N–H and O–H groups in total. The highest BCUT2D eigenvalue weighted by atomic mass is 35.5. The molecule has 2 aromatic rings. The second-order valence-corrected chi connectivity index (χ2v) is 6.78. The smallest absolute Gasteiger partial charge is 0.256 e. The predicted molar refractivity (Wildman–Crippen MR) is 100 cm³/mol. The summed E-state index contributed by atoms with van der Waals surface area (Å²) in [5.41, 5.74) is 4.67. The Balaban J connectivity index is 1.61. The van der Waals surface area contributed by atoms with Crippen molar-refractivity contribution in [2.45, 2.75) is 19.3 Å². The molecule has 0 radical (unpaired) electrons. The van der Waals surface area contributed by atoms with Crippen molar-refractivity contribution in [1.82, 2.24) is 0 Å². The summed E-state index contributed by atoms with van der Waals surface area (Å²) >= 11 is 5.99. The van der Waals surface area contributed by atoms with Gasteiger partial charge in [0.25, 0.3) is 5.91 Å². The van der Waals surface area contributed by atoms with Gasteiger partial charge in [0.2, 0.25) is 0 Å². The van der Waals surface area contributed by atoms with Crippen LogP contribution in [0.2, 0.25) is 5.02 Å². The van der Waals surface area contributed by atoms with E-state index in [9.17, 15) is 4.79 Å². The van der Waals surface area contributed by atoms with E-state index in [1.165, 1.54) is 24.9 Å². The Bertz CT molecular complexity index is 805. The van der Waals surface area contributed by atoms with Crippen molar-refractivity contribution >= 4 is 40.5 Å². The van der Waals surface area contributed by atoms with Crippen LogP contribution in [0.15, 0.2) is 42.5 Å². The molecular formula is C20H19ClN2O. The van der Waals surface area contributed by atoms with Crippen LogP contribution in [0.1, 0.15) is 30.4 Å². The minimum Gasteiger partial charge on any atom is -0.372 e. The maximum absolute atomic E-state index is 12.2. The van der Waals surface area contributed by atoms with E-state index in [0.717, 1.165) is 29.9 Å². The highest BCUT2D eigenvalue weighted by Gasteiger charge is 2.24. The quantitative estimate of drug-likeness (QED) is 0.796. The Morgan fingerprint density at radius 2 is 1.75 bits per heavy atom. The average Bonchev–Trinajstić information content (AvgIpc) is 2.91. The molecule has 1 saturated heterocycles. The zero-order chi connectivity index (χ0) is 16.5. The zero-order valence-corrected chi connectivity index (χ0v) is 14.1. The van der Waals surface area contributed by atoms with Gasteiger partial charge >= 0.3 is 0 Å². The van der Waals surface area contributed by atoms with Crippen LogP contribution >= 0.6 is 11.6 Å². The monoisotopic (exact) mass is 338 g/mol. The van der Waals surface area contributed by atoms with Crippen LogP contribution in [0.3, 0.4) is 0 Å². The molecule has 1 amide bonds. The molecule has 4 heteroatoms. The topological polar surface area (TPSA) is 32.3 Å². The van der Waals surface area contributed by atoms with E-state index < -0.39 is 0 Å². The van der Waals surface area contributed by atoms with Crippen LogP contribution in [0, 0.1) is 0 Å². The van der Waals surface area contributed by atoms with Gasteiger partial charge in [-0.1, -0.05) is 29.8 Å². The third kappa shape index (κ3) is 2.92. The van der Waals surface area contributed by atoms with Crippen molar-refractivity contribution < 1.29 is 4.79 Å². The molecule has 0 bridgehead atoms. The normalized spacial score (nSPS) is 18.6. The van der Waals surface area contributed by atoms with Crippen molar-refractivity contribution in [3.8, 4) is 0 Å². The molecule has 122 valence electrons. The van der Waals surface area contributed by atoms with Crippen LogP contribution in [0.25, 0.3) is 11.6 Å². The van der Waals surface area contributed by atoms with Crippen molar-refractivity contribution in [1.29, 1.82) is 0 Å². The van der Waals surface area contributed by atoms with Crippen LogP contribution in [0.4, 0.5) is 11.4 Å². The average molecular weight is 339 g/mol. The Kier molecular flexibility index (Phi) is 4.03. The van der Waals surface area contributed by atoms with Crippen LogP contribution < -0.4 is 10.2 Å². The molecule has 2 aliphatic rings. The third-order valence-corrected chi connectivity index (χ3v) is 4.93. The fraction of sp³-hybridized carbons (Fsp3) is 0.250. The number of hydrogen-bond donors (Lipinski definition) is 1. The lowest BCUT2D eigenvalue weighted by Gasteiger charge is -2.28. The summed E-state index contributed by atoms with van der Waals surface area (Å²) in [5, 5.41) is 3.50. The summed E-state index contributed by atoms with van der Waals surface area (Å²) in [4.78, 5) is 14.7. The second-order valence-electron chi connectivity index (χ2n) is 6.34. The van der Waals surface area contributed by atoms with Crippen LogP contribution in [-0.2, 0) is 4.79 Å². The highest BCUT2D eigenvalue weighted by Crippen LogP contribution is 2.35. The molecule has 0 aliphatic carbocycles. The third-order valence-electron chi connectivity index (χ3n) is 4.69. The summed E-state index contributed by atoms with van der Waals surface area (Å²) in [6, 6.07) is 13.9. The number of fused-ring (bicyclic) bond motifs is 1. The number of piperidine rings is 1. The van der Waals surface area contributed by atoms with E-state index in [-0.39, 0.29) is 5.91 Å². The number of nitrogens with one attached hydrogen (secondary N) is 1. The van der Waals surface area contributed by atoms with Gasteiger partial charge in [0, 0.05) is 34.9 Å². The van der Waals surface area contributed by atoms with Crippen molar-refractivity contribution in [3.05, 3.63) is 58.6 Å². The molecule has 1 fully saturated rings. The van der Waals surface area contributed by atoms with E-state index in [1.54, 1.807) is 6.07 Å². The standard InChI is InChI=1S/C20H19ClN2O/c21-15-6-9-17-18(20(24)22-19(17)13-15)12-14-4-7-16(8-5-14)23-10-2-1-3-11-23/h4-9,12-13H,1-3,10-11H2,(H,22,24)/b18-12-. The number of anilines is 2. The Morgan fingerprint density at radius 1 is 1.00 bits per heavy atom. The molecule has 2 heterocycles. The van der Waals surface area contributed by atoms with E-state index in [0.29, 0.717) is 10.6 Å². The summed E-state index contributed by atoms with van der Waals surface area (Å²) in [6.07, 6.45) is 5.81. The Hall–Kier alpha value is -2.26. The van der Waals surface area contributed by atoms with Crippen LogP contribution in [0.5, 0.6) is 0 Å². The maximum atomic E-state index is 12.2. The molecule has 0 saturated carbocycles. The second kappa shape index (κ2) is 6.33. The highest BCUT2D eigenvalue weighted by molar-refractivity contribution is 6.36. The maximum Gasteiger partial charge on any atom is 0.256 e. The first-order valence-corrected chi connectivity index (χ1v) is 8.76. The van der Waals surface area contributed by atoms with Crippen LogP contribution in [-0.4, -0.2) is 19.0 Å². The number of amides is 1. The van der Waals surface area contributed by atoms with E-state index in [1.807, 2.05) is 18.2 Å². The minimum atomic E-state index is -0.0765. The Morgan fingerprint density at radius 3 is 2.50 bits per heavy atom. The number of rotatable bonds is 2. The van der Waals surface area contributed by atoms with Gasteiger partial charge < -0.3 is 10.2 Å². The molecular weight excluding hydrogens is 320 g/mol. The van der Waals surface area contributed by atoms with Crippen molar-refractivity contribution in [2.75, 3.05) is 23.3 Å². The Labute approximate surface area is 146 Å². The number of hydrogen-bond acceptors (Lipinski definition) is 2. The first-order chi connectivity index (χ1) is 11.7. The summed E-state index contributed by atoms with van der Waals surface area (Å²) < 4.78 is 0. The molecule has 0 spiro atoms. The molecule has 4 rings (SSSR count). The van der Waals surface area contributed by atoms with Crippen molar-refractivity contribution in [2.24, 2.45) is 0 Å². The first-order valence-electron chi connectivity index (χ1n) is 8.39. The van der Waals surface area contributed by atoms with Gasteiger partial charge in [-0.25, -0.2) is 0 Å². The molecule has 2 aliphatic heterocycles. The number of halogens is 1. The summed E-state index contributed by atoms with van der Waals surface area (Å²) in [7, 11) is 0. The van der Waals surface area contributed by atoms with Gasteiger partial charge in [0.05, 0.1) is 5.69 Å². The predicted octanol–water partition coefficient (Wildman–Crippen LogP) is 4.82. The number of carbonyl (C=O) groups is 1. The number of carbonyl (C=O) groups excluding carboxylic acids is 1. The van der Waals surface area contributed by atoms with E-state index >= 15 is 0 Å². The van der Waals surface area contributed by atoms with Gasteiger partial charge in [-0.15, -0.1) is 0 Å². The van der Waals surface area contributed by atoms with Gasteiger partial charge in [0.1, 0.15) is 0 Å². The summed E-state index contributed by atoms with van der Waals surface area (Å²) in [6.45, 7) is 2.27. The lowest BCUT2D eigenvalue weighted by atomic mass is 10.0. The minimum absolute atomic E-state index is 0.0765. The van der Waals surface area contributed by atoms with Gasteiger partial charge in [-0.05, 0) is 55.2 Å². The molecule has 0 aromatic heterocycles. The summed E-state index contributed by atoms with van der Waals surface area (Å²) in [5.74, 6) is -0.0765.